The van der Waals surface area contributed by atoms with E-state index in [4.69, 9.17) is 0 Å². The van der Waals surface area contributed by atoms with Gasteiger partial charge in [-0.05, 0) is 35.4 Å². The molecule has 2 heterocycles. The molecule has 5 heteroatoms. The van der Waals surface area contributed by atoms with Crippen LogP contribution in [-0.2, 0) is 6.54 Å². The maximum absolute atomic E-state index is 13.2. The molecule has 0 aliphatic rings. The fourth-order valence-electron chi connectivity index (χ4n) is 3.61. The lowest BCUT2D eigenvalue weighted by atomic mass is 10.1. The monoisotopic (exact) mass is 394 g/mol. The Morgan fingerprint density at radius 2 is 1.50 bits per heavy atom. The van der Waals surface area contributed by atoms with E-state index in [9.17, 15) is 4.39 Å². The molecule has 0 saturated heterocycles. The minimum atomic E-state index is -0.241. The number of halogens is 1. The molecule has 0 unspecified atom stereocenters. The van der Waals surface area contributed by atoms with Crippen LogP contribution in [0, 0.1) is 5.82 Å². The normalized spacial score (nSPS) is 11.0. The van der Waals surface area contributed by atoms with Gasteiger partial charge in [-0.3, -0.25) is 0 Å². The van der Waals surface area contributed by atoms with E-state index in [-0.39, 0.29) is 5.82 Å². The van der Waals surface area contributed by atoms with Crippen molar-refractivity contribution in [2.24, 2.45) is 0 Å². The number of hydrogen-bond donors (Lipinski definition) is 1. The number of aromatic nitrogens is 3. The molecule has 5 rings (SSSR count). The second-order valence-electron chi connectivity index (χ2n) is 7.02. The summed E-state index contributed by atoms with van der Waals surface area (Å²) < 4.78 is 15.3. The lowest BCUT2D eigenvalue weighted by molar-refractivity contribution is 0.627. The second kappa shape index (κ2) is 7.79. The zero-order chi connectivity index (χ0) is 20.3. The van der Waals surface area contributed by atoms with Crippen molar-refractivity contribution < 1.29 is 4.39 Å². The molecule has 4 nitrogen and oxygen atoms in total. The summed E-state index contributed by atoms with van der Waals surface area (Å²) in [6.45, 7) is 0.539. The first kappa shape index (κ1) is 18.1. The van der Waals surface area contributed by atoms with E-state index < -0.39 is 0 Å². The first-order chi connectivity index (χ1) is 14.8. The Bertz CT molecular complexity index is 1280. The van der Waals surface area contributed by atoms with Crippen LogP contribution in [0.5, 0.6) is 0 Å². The molecule has 1 N–H and O–H groups in total. The minimum absolute atomic E-state index is 0.241. The van der Waals surface area contributed by atoms with Gasteiger partial charge in [-0.1, -0.05) is 60.7 Å². The molecule has 0 aliphatic heterocycles. The standard InChI is InChI=1S/C25H19FN4/c26-20-13-11-18(12-14-20)15-27-24-23-22(19-7-3-1-4-8-19)16-30(25(23)29-17-28-24)21-9-5-2-6-10-21/h1-14,16-17H,15H2,(H,27,28,29). The quantitative estimate of drug-likeness (QED) is 0.407. The largest absolute Gasteiger partial charge is 0.365 e. The third kappa shape index (κ3) is 3.42. The van der Waals surface area contributed by atoms with Crippen molar-refractivity contribution in [3.05, 3.63) is 109 Å². The fourth-order valence-corrected chi connectivity index (χ4v) is 3.61. The highest BCUT2D eigenvalue weighted by Crippen LogP contribution is 2.35. The number of fused-ring (bicyclic) bond motifs is 1. The number of anilines is 1. The van der Waals surface area contributed by atoms with Gasteiger partial charge >= 0.3 is 0 Å². The smallest absolute Gasteiger partial charge is 0.150 e. The Hall–Kier alpha value is -3.99. The Balaban J connectivity index is 1.64. The predicted molar refractivity (Wildman–Crippen MR) is 118 cm³/mol. The lowest BCUT2D eigenvalue weighted by Gasteiger charge is -2.09. The number of hydrogen-bond acceptors (Lipinski definition) is 3. The first-order valence-corrected chi connectivity index (χ1v) is 9.75. The lowest BCUT2D eigenvalue weighted by Crippen LogP contribution is -2.03. The molecule has 0 amide bonds. The molecule has 0 bridgehead atoms. The van der Waals surface area contributed by atoms with Crippen molar-refractivity contribution in [2.45, 2.75) is 6.54 Å². The van der Waals surface area contributed by atoms with Gasteiger partial charge in [0.1, 0.15) is 18.0 Å². The van der Waals surface area contributed by atoms with Crippen molar-refractivity contribution in [3.63, 3.8) is 0 Å². The van der Waals surface area contributed by atoms with Gasteiger partial charge in [-0.15, -0.1) is 0 Å². The fraction of sp³-hybridized carbons (Fsp3) is 0.0400. The molecule has 0 saturated carbocycles. The summed E-state index contributed by atoms with van der Waals surface area (Å²) in [6, 6.07) is 26.8. The molecular formula is C25H19FN4. The van der Waals surface area contributed by atoms with E-state index in [1.54, 1.807) is 18.5 Å². The van der Waals surface area contributed by atoms with Crippen LogP contribution in [0.25, 0.3) is 27.8 Å². The van der Waals surface area contributed by atoms with E-state index in [0.717, 1.165) is 39.2 Å². The molecule has 146 valence electrons. The summed E-state index contributed by atoms with van der Waals surface area (Å²) in [5, 5.41) is 4.36. The number of nitrogens with zero attached hydrogens (tertiary/aromatic N) is 3. The molecule has 0 fully saturated rings. The summed E-state index contributed by atoms with van der Waals surface area (Å²) in [5.74, 6) is 0.507. The summed E-state index contributed by atoms with van der Waals surface area (Å²) >= 11 is 0. The molecule has 0 atom stereocenters. The van der Waals surface area contributed by atoms with Gasteiger partial charge in [0.05, 0.1) is 5.39 Å². The number of benzene rings is 3. The van der Waals surface area contributed by atoms with Gasteiger partial charge in [0.15, 0.2) is 5.65 Å². The van der Waals surface area contributed by atoms with Crippen LogP contribution in [0.15, 0.2) is 97.5 Å². The van der Waals surface area contributed by atoms with Gasteiger partial charge in [-0.2, -0.15) is 0 Å². The topological polar surface area (TPSA) is 42.7 Å². The Labute approximate surface area is 173 Å². The maximum Gasteiger partial charge on any atom is 0.150 e. The van der Waals surface area contributed by atoms with Crippen molar-refractivity contribution in [1.29, 1.82) is 0 Å². The van der Waals surface area contributed by atoms with Crippen LogP contribution in [0.2, 0.25) is 0 Å². The molecule has 5 aromatic rings. The van der Waals surface area contributed by atoms with E-state index in [0.29, 0.717) is 6.54 Å². The predicted octanol–water partition coefficient (Wildman–Crippen LogP) is 5.84. The minimum Gasteiger partial charge on any atom is -0.365 e. The van der Waals surface area contributed by atoms with Gasteiger partial charge in [0.2, 0.25) is 0 Å². The van der Waals surface area contributed by atoms with E-state index in [1.807, 2.05) is 36.4 Å². The third-order valence-electron chi connectivity index (χ3n) is 5.08. The van der Waals surface area contributed by atoms with Crippen molar-refractivity contribution in [2.75, 3.05) is 5.32 Å². The summed E-state index contributed by atoms with van der Waals surface area (Å²) in [4.78, 5) is 9.12. The first-order valence-electron chi connectivity index (χ1n) is 9.75. The maximum atomic E-state index is 13.2. The number of nitrogens with one attached hydrogen (secondary N) is 1. The van der Waals surface area contributed by atoms with E-state index in [1.165, 1.54) is 12.1 Å². The summed E-state index contributed by atoms with van der Waals surface area (Å²) in [7, 11) is 0. The van der Waals surface area contributed by atoms with E-state index >= 15 is 0 Å². The highest BCUT2D eigenvalue weighted by molar-refractivity contribution is 6.02. The summed E-state index contributed by atoms with van der Waals surface area (Å²) in [5.41, 5.74) is 4.99. The highest BCUT2D eigenvalue weighted by atomic mass is 19.1. The van der Waals surface area contributed by atoms with Gasteiger partial charge in [0.25, 0.3) is 0 Å². The van der Waals surface area contributed by atoms with Crippen LogP contribution in [0.3, 0.4) is 0 Å². The zero-order valence-electron chi connectivity index (χ0n) is 16.2. The molecule has 0 radical (unpaired) electrons. The van der Waals surface area contributed by atoms with E-state index in [2.05, 4.69) is 50.3 Å². The van der Waals surface area contributed by atoms with Crippen LogP contribution in [0.4, 0.5) is 10.2 Å². The number of para-hydroxylation sites is 1. The SMILES string of the molecule is Fc1ccc(CNc2ncnc3c2c(-c2ccccc2)cn3-c2ccccc2)cc1. The Kier molecular flexibility index (Phi) is 4.69. The Morgan fingerprint density at radius 1 is 0.800 bits per heavy atom. The number of rotatable bonds is 5. The average molecular weight is 394 g/mol. The van der Waals surface area contributed by atoms with Crippen molar-refractivity contribution in [3.8, 4) is 16.8 Å². The van der Waals surface area contributed by atoms with Gasteiger partial charge < -0.3 is 9.88 Å². The second-order valence-corrected chi connectivity index (χ2v) is 7.02. The highest BCUT2D eigenvalue weighted by Gasteiger charge is 2.17. The molecule has 0 aliphatic carbocycles. The molecule has 0 spiro atoms. The van der Waals surface area contributed by atoms with Crippen LogP contribution in [-0.4, -0.2) is 14.5 Å². The van der Waals surface area contributed by atoms with Gasteiger partial charge in [0, 0.05) is 24.0 Å². The van der Waals surface area contributed by atoms with Crippen molar-refractivity contribution in [1.82, 2.24) is 14.5 Å². The summed E-state index contributed by atoms with van der Waals surface area (Å²) in [6.07, 6.45) is 3.68. The van der Waals surface area contributed by atoms with Gasteiger partial charge in [-0.25, -0.2) is 14.4 Å². The molecule has 2 aromatic heterocycles. The Morgan fingerprint density at radius 3 is 2.23 bits per heavy atom. The van der Waals surface area contributed by atoms with Crippen LogP contribution >= 0.6 is 0 Å². The molecule has 30 heavy (non-hydrogen) atoms. The third-order valence-corrected chi connectivity index (χ3v) is 5.08. The van der Waals surface area contributed by atoms with Crippen LogP contribution < -0.4 is 5.32 Å². The average Bonchev–Trinajstić information content (AvgIpc) is 3.20. The molecule has 3 aromatic carbocycles. The zero-order valence-corrected chi connectivity index (χ0v) is 16.2. The molecular weight excluding hydrogens is 375 g/mol. The van der Waals surface area contributed by atoms with Crippen LogP contribution in [0.1, 0.15) is 5.56 Å². The van der Waals surface area contributed by atoms with Crippen molar-refractivity contribution >= 4 is 16.9 Å².